The van der Waals surface area contributed by atoms with Crippen molar-refractivity contribution in [3.63, 3.8) is 0 Å². The van der Waals surface area contributed by atoms with Gasteiger partial charge in [-0.2, -0.15) is 4.31 Å². The molecule has 0 saturated carbocycles. The van der Waals surface area contributed by atoms with Crippen molar-refractivity contribution in [2.75, 3.05) is 18.4 Å². The van der Waals surface area contributed by atoms with Crippen LogP contribution in [0.2, 0.25) is 0 Å². The average molecular weight is 486 g/mol. The lowest BCUT2D eigenvalue weighted by Gasteiger charge is -2.30. The van der Waals surface area contributed by atoms with Gasteiger partial charge in [-0.05, 0) is 44.4 Å². The molecule has 0 unspecified atom stereocenters. The number of nitrogens with zero attached hydrogens (tertiary/aromatic N) is 2. The highest BCUT2D eigenvalue weighted by atomic mass is 32.2. The molecular formula is C24H27N3O4S2. The van der Waals surface area contributed by atoms with Crippen LogP contribution >= 0.6 is 11.8 Å². The highest BCUT2D eigenvalue weighted by molar-refractivity contribution is 7.98. The fourth-order valence-electron chi connectivity index (χ4n) is 4.00. The number of benzene rings is 2. The molecule has 0 radical (unpaired) electrons. The minimum Gasteiger partial charge on any atom is -0.360 e. The molecule has 0 atom stereocenters. The summed E-state index contributed by atoms with van der Waals surface area (Å²) >= 11 is 1.68. The fraction of sp³-hybridized carbons (Fsp3) is 0.333. The Balaban J connectivity index is 1.37. The van der Waals surface area contributed by atoms with E-state index in [1.54, 1.807) is 25.6 Å². The summed E-state index contributed by atoms with van der Waals surface area (Å²) in [5, 5.41) is 6.83. The lowest BCUT2D eigenvalue weighted by molar-refractivity contribution is -0.120. The van der Waals surface area contributed by atoms with Crippen LogP contribution in [0.3, 0.4) is 0 Å². The van der Waals surface area contributed by atoms with E-state index in [1.807, 2.05) is 42.5 Å². The van der Waals surface area contributed by atoms with Gasteiger partial charge in [0.25, 0.3) is 0 Å². The van der Waals surface area contributed by atoms with Crippen molar-refractivity contribution >= 4 is 33.4 Å². The van der Waals surface area contributed by atoms with Crippen LogP contribution in [0.1, 0.15) is 29.9 Å². The maximum absolute atomic E-state index is 13.0. The molecule has 2 aromatic carbocycles. The van der Waals surface area contributed by atoms with E-state index >= 15 is 0 Å². The van der Waals surface area contributed by atoms with E-state index < -0.39 is 10.0 Å². The van der Waals surface area contributed by atoms with E-state index in [2.05, 4.69) is 22.6 Å². The number of hydrogen-bond acceptors (Lipinski definition) is 6. The average Bonchev–Trinajstić information content (AvgIpc) is 3.17. The van der Waals surface area contributed by atoms with Gasteiger partial charge in [0.05, 0.1) is 5.69 Å². The molecule has 0 spiro atoms. The Morgan fingerprint density at radius 1 is 1.09 bits per heavy atom. The van der Waals surface area contributed by atoms with Crippen LogP contribution in [0.5, 0.6) is 0 Å². The van der Waals surface area contributed by atoms with Crippen molar-refractivity contribution in [2.24, 2.45) is 5.92 Å². The summed E-state index contributed by atoms with van der Waals surface area (Å²) in [4.78, 5) is 14.1. The summed E-state index contributed by atoms with van der Waals surface area (Å²) < 4.78 is 32.5. The third-order valence-corrected chi connectivity index (χ3v) is 9.06. The van der Waals surface area contributed by atoms with Gasteiger partial charge in [0.2, 0.25) is 15.9 Å². The van der Waals surface area contributed by atoms with Crippen molar-refractivity contribution in [1.82, 2.24) is 9.46 Å². The van der Waals surface area contributed by atoms with E-state index in [0.717, 1.165) is 16.3 Å². The van der Waals surface area contributed by atoms with Crippen LogP contribution < -0.4 is 5.32 Å². The highest BCUT2D eigenvalue weighted by Gasteiger charge is 2.35. The van der Waals surface area contributed by atoms with Crippen LogP contribution in [0, 0.1) is 19.8 Å². The quantitative estimate of drug-likeness (QED) is 0.491. The van der Waals surface area contributed by atoms with Gasteiger partial charge in [-0.25, -0.2) is 8.42 Å². The van der Waals surface area contributed by atoms with Gasteiger partial charge < -0.3 is 9.84 Å². The number of hydrogen-bond donors (Lipinski definition) is 1. The Bertz CT molecular complexity index is 1200. The minimum atomic E-state index is -3.69. The van der Waals surface area contributed by atoms with Crippen LogP contribution in [0.4, 0.5) is 5.69 Å². The van der Waals surface area contributed by atoms with Gasteiger partial charge in [-0.3, -0.25) is 4.79 Å². The SMILES string of the molecule is Cc1noc(C)c1S(=O)(=O)N1CCC(C(=O)Nc2ccccc2SCc2ccccc2)CC1. The number of thioether (sulfide) groups is 1. The highest BCUT2D eigenvalue weighted by Crippen LogP contribution is 2.32. The normalized spacial score (nSPS) is 15.5. The second kappa shape index (κ2) is 10.1. The molecule has 0 bridgehead atoms. The number of carbonyl (C=O) groups excluding carboxylic acids is 1. The summed E-state index contributed by atoms with van der Waals surface area (Å²) in [7, 11) is -3.69. The molecule has 0 aliphatic carbocycles. The Kier molecular flexibility index (Phi) is 7.21. The van der Waals surface area contributed by atoms with Gasteiger partial charge in [-0.15, -0.1) is 11.8 Å². The summed E-state index contributed by atoms with van der Waals surface area (Å²) in [6.07, 6.45) is 0.932. The number of para-hydroxylation sites is 1. The molecule has 1 N–H and O–H groups in total. The molecule has 174 valence electrons. The number of amides is 1. The van der Waals surface area contributed by atoms with Crippen molar-refractivity contribution < 1.29 is 17.7 Å². The number of rotatable bonds is 7. The zero-order valence-corrected chi connectivity index (χ0v) is 20.3. The van der Waals surface area contributed by atoms with Crippen LogP contribution in [-0.2, 0) is 20.6 Å². The molecule has 7 nitrogen and oxygen atoms in total. The standard InChI is InChI=1S/C24H27N3O4S2/c1-17-23(18(2)31-26-17)33(29,30)27-14-12-20(13-15-27)24(28)25-21-10-6-7-11-22(21)32-16-19-8-4-3-5-9-19/h3-11,20H,12-16H2,1-2H3,(H,25,28). The first-order chi connectivity index (χ1) is 15.9. The Morgan fingerprint density at radius 2 is 1.76 bits per heavy atom. The van der Waals surface area contributed by atoms with Gasteiger partial charge in [0, 0.05) is 29.7 Å². The van der Waals surface area contributed by atoms with E-state index in [1.165, 1.54) is 9.87 Å². The number of piperidine rings is 1. The van der Waals surface area contributed by atoms with Gasteiger partial charge in [0.1, 0.15) is 10.6 Å². The first-order valence-corrected chi connectivity index (χ1v) is 13.3. The van der Waals surface area contributed by atoms with E-state index in [-0.39, 0.29) is 35.6 Å². The van der Waals surface area contributed by atoms with E-state index in [9.17, 15) is 13.2 Å². The number of aromatic nitrogens is 1. The lowest BCUT2D eigenvalue weighted by Crippen LogP contribution is -2.41. The van der Waals surface area contributed by atoms with Crippen molar-refractivity contribution in [3.8, 4) is 0 Å². The predicted molar refractivity (Wildman–Crippen MR) is 129 cm³/mol. The van der Waals surface area contributed by atoms with Crippen LogP contribution in [-0.4, -0.2) is 36.9 Å². The van der Waals surface area contributed by atoms with Crippen LogP contribution in [0.15, 0.2) is 68.9 Å². The Morgan fingerprint density at radius 3 is 2.42 bits per heavy atom. The molecule has 1 saturated heterocycles. The molecule has 4 rings (SSSR count). The van der Waals surface area contributed by atoms with Crippen molar-refractivity contribution in [1.29, 1.82) is 0 Å². The summed E-state index contributed by atoms with van der Waals surface area (Å²) in [6.45, 7) is 3.79. The molecule has 3 aromatic rings. The summed E-state index contributed by atoms with van der Waals surface area (Å²) in [6, 6.07) is 18.0. The molecular weight excluding hydrogens is 458 g/mol. The monoisotopic (exact) mass is 485 g/mol. The minimum absolute atomic E-state index is 0.0721. The number of carbonyl (C=O) groups is 1. The molecule has 1 aromatic heterocycles. The smallest absolute Gasteiger partial charge is 0.248 e. The molecule has 9 heteroatoms. The zero-order valence-electron chi connectivity index (χ0n) is 18.7. The topological polar surface area (TPSA) is 92.5 Å². The summed E-state index contributed by atoms with van der Waals surface area (Å²) in [5.41, 5.74) is 2.36. The third kappa shape index (κ3) is 5.31. The summed E-state index contributed by atoms with van der Waals surface area (Å²) in [5.74, 6) is 0.786. The zero-order chi connectivity index (χ0) is 23.4. The number of sulfonamides is 1. The van der Waals surface area contributed by atoms with E-state index in [0.29, 0.717) is 18.5 Å². The van der Waals surface area contributed by atoms with Crippen molar-refractivity contribution in [3.05, 3.63) is 71.6 Å². The number of anilines is 1. The van der Waals surface area contributed by atoms with Gasteiger partial charge in [-0.1, -0.05) is 47.6 Å². The molecule has 1 aliphatic heterocycles. The maximum atomic E-state index is 13.0. The van der Waals surface area contributed by atoms with Gasteiger partial charge in [0.15, 0.2) is 5.76 Å². The molecule has 1 amide bonds. The Hall–Kier alpha value is -2.62. The second-order valence-electron chi connectivity index (χ2n) is 8.09. The molecule has 2 heterocycles. The largest absolute Gasteiger partial charge is 0.360 e. The molecule has 1 aliphatic rings. The fourth-order valence-corrected chi connectivity index (χ4v) is 6.72. The van der Waals surface area contributed by atoms with Crippen molar-refractivity contribution in [2.45, 2.75) is 42.2 Å². The van der Waals surface area contributed by atoms with Crippen LogP contribution in [0.25, 0.3) is 0 Å². The lowest BCUT2D eigenvalue weighted by atomic mass is 9.97. The number of nitrogens with one attached hydrogen (secondary N) is 1. The maximum Gasteiger partial charge on any atom is 0.248 e. The first-order valence-electron chi connectivity index (χ1n) is 10.9. The second-order valence-corrected chi connectivity index (χ2v) is 11.0. The predicted octanol–water partition coefficient (Wildman–Crippen LogP) is 4.62. The first kappa shape index (κ1) is 23.5. The molecule has 33 heavy (non-hydrogen) atoms. The van der Waals surface area contributed by atoms with E-state index in [4.69, 9.17) is 4.52 Å². The third-order valence-electron chi connectivity index (χ3n) is 5.77. The number of aryl methyl sites for hydroxylation is 2. The Labute approximate surface area is 198 Å². The van der Waals surface area contributed by atoms with Gasteiger partial charge >= 0.3 is 0 Å². The molecule has 1 fully saturated rings.